The molecule has 8 nitrogen and oxygen atoms in total. The van der Waals surface area contributed by atoms with Crippen molar-refractivity contribution >= 4 is 5.91 Å². The van der Waals surface area contributed by atoms with Crippen molar-refractivity contribution in [1.29, 1.82) is 0 Å². The van der Waals surface area contributed by atoms with Gasteiger partial charge in [-0.1, -0.05) is 0 Å². The highest BCUT2D eigenvalue weighted by molar-refractivity contribution is 5.77. The molecule has 1 amide bonds. The molecule has 0 spiro atoms. The summed E-state index contributed by atoms with van der Waals surface area (Å²) in [4.78, 5) is 26.1. The van der Waals surface area contributed by atoms with Crippen molar-refractivity contribution in [3.05, 3.63) is 36.8 Å². The number of piperidine rings is 1. The molecule has 0 N–H and O–H groups in total. The van der Waals surface area contributed by atoms with E-state index in [0.29, 0.717) is 24.7 Å². The second-order valence-electron chi connectivity index (χ2n) is 5.56. The van der Waals surface area contributed by atoms with Crippen LogP contribution >= 0.6 is 0 Å². The van der Waals surface area contributed by atoms with Gasteiger partial charge >= 0.3 is 6.01 Å². The van der Waals surface area contributed by atoms with Crippen LogP contribution in [0.4, 0.5) is 0 Å². The average molecular weight is 344 g/mol. The molecular weight excluding hydrogens is 324 g/mol. The number of carbonyl (C=O) groups excluding carboxylic acids is 1. The number of aromatic nitrogens is 3. The van der Waals surface area contributed by atoms with Crippen LogP contribution in [-0.2, 0) is 4.79 Å². The van der Waals surface area contributed by atoms with Crippen LogP contribution in [0, 0.1) is 0 Å². The van der Waals surface area contributed by atoms with Crippen LogP contribution in [0.2, 0.25) is 0 Å². The van der Waals surface area contributed by atoms with Gasteiger partial charge in [-0.2, -0.15) is 4.98 Å². The molecule has 0 saturated carbocycles. The van der Waals surface area contributed by atoms with Gasteiger partial charge in [0.15, 0.2) is 6.61 Å². The fourth-order valence-electron chi connectivity index (χ4n) is 2.55. The van der Waals surface area contributed by atoms with Crippen molar-refractivity contribution in [3.63, 3.8) is 0 Å². The number of likely N-dealkylation sites (tertiary alicyclic amines) is 1. The van der Waals surface area contributed by atoms with Gasteiger partial charge in [0.05, 0.1) is 13.3 Å². The van der Waals surface area contributed by atoms with Crippen molar-refractivity contribution in [1.82, 2.24) is 19.9 Å². The minimum absolute atomic E-state index is 0.0142. The van der Waals surface area contributed by atoms with E-state index in [1.165, 1.54) is 7.11 Å². The molecule has 2 aromatic rings. The predicted octanol–water partition coefficient (Wildman–Crippen LogP) is 1.33. The van der Waals surface area contributed by atoms with Crippen LogP contribution in [0.3, 0.4) is 0 Å². The third-order valence-electron chi connectivity index (χ3n) is 3.87. The number of amides is 1. The van der Waals surface area contributed by atoms with Gasteiger partial charge in [0.25, 0.3) is 5.91 Å². The first-order valence-corrected chi connectivity index (χ1v) is 8.09. The summed E-state index contributed by atoms with van der Waals surface area (Å²) in [5.41, 5.74) is 0. The Morgan fingerprint density at radius 2 is 2.12 bits per heavy atom. The number of nitrogens with zero attached hydrogens (tertiary/aromatic N) is 4. The number of rotatable bonds is 6. The molecule has 0 bridgehead atoms. The monoisotopic (exact) mass is 344 g/mol. The zero-order chi connectivity index (χ0) is 17.5. The van der Waals surface area contributed by atoms with Crippen LogP contribution in [0.25, 0.3) is 0 Å². The Bertz CT molecular complexity index is 690. The molecule has 1 aliphatic heterocycles. The lowest BCUT2D eigenvalue weighted by molar-refractivity contribution is -0.135. The fraction of sp³-hybridized carbons (Fsp3) is 0.412. The quantitative estimate of drug-likeness (QED) is 0.781. The third kappa shape index (κ3) is 4.79. The van der Waals surface area contributed by atoms with E-state index in [0.717, 1.165) is 12.8 Å². The molecule has 3 heterocycles. The summed E-state index contributed by atoms with van der Waals surface area (Å²) < 4.78 is 16.3. The number of methoxy groups -OCH3 is 1. The molecule has 3 rings (SSSR count). The molecule has 0 aromatic carbocycles. The molecule has 1 aliphatic rings. The zero-order valence-corrected chi connectivity index (χ0v) is 14.0. The minimum atomic E-state index is -0.0361. The minimum Gasteiger partial charge on any atom is -0.482 e. The SMILES string of the molecule is COc1nccc(OC2CCN(C(=O)COc3cccnc3)CC2)n1. The Balaban J connectivity index is 1.44. The molecule has 0 aliphatic carbocycles. The van der Waals surface area contributed by atoms with Gasteiger partial charge in [-0.05, 0) is 12.1 Å². The predicted molar refractivity (Wildman–Crippen MR) is 88.5 cm³/mol. The number of hydrogen-bond donors (Lipinski definition) is 0. The lowest BCUT2D eigenvalue weighted by atomic mass is 10.1. The average Bonchev–Trinajstić information content (AvgIpc) is 2.67. The zero-order valence-electron chi connectivity index (χ0n) is 14.0. The van der Waals surface area contributed by atoms with E-state index in [2.05, 4.69) is 15.0 Å². The van der Waals surface area contributed by atoms with Crippen LogP contribution < -0.4 is 14.2 Å². The lowest BCUT2D eigenvalue weighted by Crippen LogP contribution is -2.43. The van der Waals surface area contributed by atoms with Crippen LogP contribution in [0.1, 0.15) is 12.8 Å². The first-order chi connectivity index (χ1) is 12.2. The molecule has 0 atom stereocenters. The summed E-state index contributed by atoms with van der Waals surface area (Å²) in [5, 5.41) is 0. The Morgan fingerprint density at radius 1 is 1.28 bits per heavy atom. The third-order valence-corrected chi connectivity index (χ3v) is 3.87. The van der Waals surface area contributed by atoms with Gasteiger partial charge in [-0.3, -0.25) is 9.78 Å². The van der Waals surface area contributed by atoms with Gasteiger partial charge in [-0.25, -0.2) is 4.98 Å². The fourth-order valence-corrected chi connectivity index (χ4v) is 2.55. The summed E-state index contributed by atoms with van der Waals surface area (Å²) in [6, 6.07) is 5.51. The van der Waals surface area contributed by atoms with Crippen molar-refractivity contribution < 1.29 is 19.0 Å². The van der Waals surface area contributed by atoms with Gasteiger partial charge in [0.2, 0.25) is 5.88 Å². The summed E-state index contributed by atoms with van der Waals surface area (Å²) in [7, 11) is 1.51. The highest BCUT2D eigenvalue weighted by Crippen LogP contribution is 2.18. The maximum absolute atomic E-state index is 12.2. The Hall–Kier alpha value is -2.90. The topological polar surface area (TPSA) is 86.7 Å². The number of hydrogen-bond acceptors (Lipinski definition) is 7. The molecular formula is C17H20N4O4. The normalized spacial score (nSPS) is 14.8. The van der Waals surface area contributed by atoms with Crippen LogP contribution in [0.15, 0.2) is 36.8 Å². The smallest absolute Gasteiger partial charge is 0.319 e. The summed E-state index contributed by atoms with van der Waals surface area (Å²) >= 11 is 0. The first-order valence-electron chi connectivity index (χ1n) is 8.09. The Labute approximate surface area is 145 Å². The molecule has 1 fully saturated rings. The highest BCUT2D eigenvalue weighted by Gasteiger charge is 2.24. The maximum Gasteiger partial charge on any atom is 0.319 e. The van der Waals surface area contributed by atoms with E-state index < -0.39 is 0 Å². The first kappa shape index (κ1) is 16.9. The number of carbonyl (C=O) groups is 1. The molecule has 1 saturated heterocycles. The van der Waals surface area contributed by atoms with Crippen molar-refractivity contribution in [2.24, 2.45) is 0 Å². The largest absolute Gasteiger partial charge is 0.482 e. The number of ether oxygens (including phenoxy) is 3. The van der Waals surface area contributed by atoms with Gasteiger partial charge in [0, 0.05) is 44.4 Å². The van der Waals surface area contributed by atoms with E-state index in [1.807, 2.05) is 0 Å². The molecule has 0 radical (unpaired) electrons. The maximum atomic E-state index is 12.2. The second kappa shape index (κ2) is 8.27. The number of pyridine rings is 1. The molecule has 132 valence electrons. The standard InChI is InChI=1S/C17H20N4O4/c1-23-17-19-8-4-15(20-17)25-13-5-9-21(10-6-13)16(22)12-24-14-3-2-7-18-11-14/h2-4,7-8,11,13H,5-6,9-10,12H2,1H3. The van der Waals surface area contributed by atoms with Crippen LogP contribution in [0.5, 0.6) is 17.6 Å². The van der Waals surface area contributed by atoms with Gasteiger partial charge in [0.1, 0.15) is 11.9 Å². The Morgan fingerprint density at radius 3 is 2.84 bits per heavy atom. The molecule has 2 aromatic heterocycles. The van der Waals surface area contributed by atoms with E-state index in [-0.39, 0.29) is 24.6 Å². The molecule has 8 heteroatoms. The van der Waals surface area contributed by atoms with Crippen molar-refractivity contribution in [3.8, 4) is 17.6 Å². The molecule has 25 heavy (non-hydrogen) atoms. The summed E-state index contributed by atoms with van der Waals surface area (Å²) in [6.07, 6.45) is 6.34. The summed E-state index contributed by atoms with van der Waals surface area (Å²) in [6.45, 7) is 1.27. The van der Waals surface area contributed by atoms with Gasteiger partial charge < -0.3 is 19.1 Å². The molecule has 0 unspecified atom stereocenters. The van der Waals surface area contributed by atoms with Crippen molar-refractivity contribution in [2.45, 2.75) is 18.9 Å². The Kier molecular flexibility index (Phi) is 5.61. The van der Waals surface area contributed by atoms with E-state index >= 15 is 0 Å². The lowest BCUT2D eigenvalue weighted by Gasteiger charge is -2.31. The summed E-state index contributed by atoms with van der Waals surface area (Å²) in [5.74, 6) is 1.04. The highest BCUT2D eigenvalue weighted by atomic mass is 16.5. The van der Waals surface area contributed by atoms with E-state index in [4.69, 9.17) is 14.2 Å². The van der Waals surface area contributed by atoms with Crippen molar-refractivity contribution in [2.75, 3.05) is 26.8 Å². The van der Waals surface area contributed by atoms with Gasteiger partial charge in [-0.15, -0.1) is 0 Å². The van der Waals surface area contributed by atoms with E-state index in [1.54, 1.807) is 41.7 Å². The van der Waals surface area contributed by atoms with E-state index in [9.17, 15) is 4.79 Å². The van der Waals surface area contributed by atoms with Crippen LogP contribution in [-0.4, -0.2) is 58.7 Å². The second-order valence-corrected chi connectivity index (χ2v) is 5.56.